The average Bonchev–Trinajstić information content (AvgIpc) is 3.02. The molecule has 0 saturated heterocycles. The number of benzene rings is 1. The second-order valence-corrected chi connectivity index (χ2v) is 6.58. The number of ether oxygens (including phenoxy) is 1. The molecule has 1 atom stereocenters. The molecule has 2 heterocycles. The Hall–Kier alpha value is -2.19. The van der Waals surface area contributed by atoms with E-state index in [0.717, 1.165) is 11.4 Å². The SMILES string of the molecule is COCCn1nnc2c1CCN(C(=O)NC(C)c1c(F)cccc1Cl)C2. The molecule has 9 heteroatoms. The molecule has 3 rings (SSSR count). The maximum Gasteiger partial charge on any atom is 0.318 e. The third-order valence-corrected chi connectivity index (χ3v) is 4.77. The van der Waals surface area contributed by atoms with Gasteiger partial charge in [-0.3, -0.25) is 0 Å². The number of nitrogens with zero attached hydrogens (tertiary/aromatic N) is 4. The highest BCUT2D eigenvalue weighted by Gasteiger charge is 2.27. The fourth-order valence-corrected chi connectivity index (χ4v) is 3.40. The Labute approximate surface area is 156 Å². The van der Waals surface area contributed by atoms with E-state index in [1.165, 1.54) is 12.1 Å². The van der Waals surface area contributed by atoms with Crippen molar-refractivity contribution in [3.05, 3.63) is 46.0 Å². The van der Waals surface area contributed by atoms with Crippen LogP contribution < -0.4 is 5.32 Å². The number of urea groups is 1. The van der Waals surface area contributed by atoms with Gasteiger partial charge in [0.05, 0.1) is 31.4 Å². The summed E-state index contributed by atoms with van der Waals surface area (Å²) in [4.78, 5) is 14.2. The van der Waals surface area contributed by atoms with Crippen LogP contribution in [0.4, 0.5) is 9.18 Å². The smallest absolute Gasteiger partial charge is 0.318 e. The molecular weight excluding hydrogens is 361 g/mol. The summed E-state index contributed by atoms with van der Waals surface area (Å²) in [6.07, 6.45) is 0.661. The van der Waals surface area contributed by atoms with E-state index in [1.54, 1.807) is 25.0 Å². The highest BCUT2D eigenvalue weighted by atomic mass is 35.5. The minimum Gasteiger partial charge on any atom is -0.383 e. The summed E-state index contributed by atoms with van der Waals surface area (Å²) in [6, 6.07) is 3.64. The zero-order valence-electron chi connectivity index (χ0n) is 14.7. The van der Waals surface area contributed by atoms with Gasteiger partial charge in [-0.2, -0.15) is 0 Å². The molecule has 1 N–H and O–H groups in total. The van der Waals surface area contributed by atoms with Crippen LogP contribution in [0.5, 0.6) is 0 Å². The van der Waals surface area contributed by atoms with E-state index >= 15 is 0 Å². The number of amides is 2. The number of hydrogen-bond acceptors (Lipinski definition) is 4. The normalized spacial score (nSPS) is 14.8. The largest absolute Gasteiger partial charge is 0.383 e. The van der Waals surface area contributed by atoms with Gasteiger partial charge in [-0.25, -0.2) is 13.9 Å². The number of hydrogen-bond donors (Lipinski definition) is 1. The molecule has 0 fully saturated rings. The van der Waals surface area contributed by atoms with E-state index in [-0.39, 0.29) is 11.6 Å². The van der Waals surface area contributed by atoms with Crippen LogP contribution in [-0.4, -0.2) is 46.2 Å². The Morgan fingerprint density at radius 2 is 2.31 bits per heavy atom. The molecule has 0 spiro atoms. The van der Waals surface area contributed by atoms with Crippen LogP contribution in [0, 0.1) is 5.82 Å². The number of methoxy groups -OCH3 is 1. The third-order valence-electron chi connectivity index (χ3n) is 4.44. The van der Waals surface area contributed by atoms with E-state index in [2.05, 4.69) is 15.6 Å². The van der Waals surface area contributed by atoms with Crippen molar-refractivity contribution in [2.75, 3.05) is 20.3 Å². The number of carbonyl (C=O) groups excluding carboxylic acids is 1. The zero-order valence-corrected chi connectivity index (χ0v) is 15.5. The summed E-state index contributed by atoms with van der Waals surface area (Å²) >= 11 is 6.07. The van der Waals surface area contributed by atoms with Crippen molar-refractivity contribution in [2.45, 2.75) is 32.5 Å². The molecule has 1 aromatic carbocycles. The quantitative estimate of drug-likeness (QED) is 0.863. The van der Waals surface area contributed by atoms with Gasteiger partial charge in [0, 0.05) is 30.7 Å². The number of carbonyl (C=O) groups is 1. The van der Waals surface area contributed by atoms with E-state index in [0.29, 0.717) is 37.7 Å². The van der Waals surface area contributed by atoms with Gasteiger partial charge in [-0.1, -0.05) is 22.9 Å². The van der Waals surface area contributed by atoms with Crippen LogP contribution in [0.25, 0.3) is 0 Å². The molecule has 0 aliphatic carbocycles. The summed E-state index contributed by atoms with van der Waals surface area (Å²) in [7, 11) is 1.64. The lowest BCUT2D eigenvalue weighted by Gasteiger charge is -2.28. The van der Waals surface area contributed by atoms with Crippen molar-refractivity contribution in [1.82, 2.24) is 25.2 Å². The summed E-state index contributed by atoms with van der Waals surface area (Å²) in [6.45, 7) is 3.80. The van der Waals surface area contributed by atoms with Crippen LogP contribution in [0.1, 0.15) is 29.9 Å². The molecule has 0 bridgehead atoms. The Balaban J connectivity index is 1.65. The van der Waals surface area contributed by atoms with Gasteiger partial charge < -0.3 is 15.0 Å². The van der Waals surface area contributed by atoms with Crippen molar-refractivity contribution >= 4 is 17.6 Å². The third kappa shape index (κ3) is 3.81. The topological polar surface area (TPSA) is 72.3 Å². The van der Waals surface area contributed by atoms with Crippen LogP contribution in [-0.2, 0) is 24.2 Å². The van der Waals surface area contributed by atoms with Crippen LogP contribution in [0.2, 0.25) is 5.02 Å². The first-order chi connectivity index (χ1) is 12.5. The first kappa shape index (κ1) is 18.6. The molecule has 1 aliphatic heterocycles. The van der Waals surface area contributed by atoms with Crippen molar-refractivity contribution in [3.8, 4) is 0 Å². The van der Waals surface area contributed by atoms with Gasteiger partial charge in [0.1, 0.15) is 11.5 Å². The predicted octanol–water partition coefficient (Wildman–Crippen LogP) is 2.55. The minimum atomic E-state index is -0.546. The van der Waals surface area contributed by atoms with E-state index in [4.69, 9.17) is 16.3 Å². The molecule has 1 aromatic heterocycles. The van der Waals surface area contributed by atoms with Crippen LogP contribution in [0.3, 0.4) is 0 Å². The highest BCUT2D eigenvalue weighted by molar-refractivity contribution is 6.31. The van der Waals surface area contributed by atoms with Crippen LogP contribution in [0.15, 0.2) is 18.2 Å². The van der Waals surface area contributed by atoms with Crippen molar-refractivity contribution in [3.63, 3.8) is 0 Å². The maximum absolute atomic E-state index is 14.0. The Kier molecular flexibility index (Phi) is 5.73. The molecule has 1 aliphatic rings. The van der Waals surface area contributed by atoms with Gasteiger partial charge >= 0.3 is 6.03 Å². The van der Waals surface area contributed by atoms with Crippen molar-refractivity contribution < 1.29 is 13.9 Å². The molecule has 26 heavy (non-hydrogen) atoms. The molecule has 0 radical (unpaired) electrons. The fourth-order valence-electron chi connectivity index (χ4n) is 3.07. The number of fused-ring (bicyclic) bond motifs is 1. The van der Waals surface area contributed by atoms with Gasteiger partial charge in [-0.15, -0.1) is 5.10 Å². The van der Waals surface area contributed by atoms with Crippen molar-refractivity contribution in [2.24, 2.45) is 0 Å². The summed E-state index contributed by atoms with van der Waals surface area (Å²) in [5, 5.41) is 11.4. The number of rotatable bonds is 5. The first-order valence-electron chi connectivity index (χ1n) is 8.40. The monoisotopic (exact) mass is 381 g/mol. The van der Waals surface area contributed by atoms with E-state index < -0.39 is 11.9 Å². The standard InChI is InChI=1S/C17H21ClFN5O2/c1-11(16-12(18)4-3-5-13(16)19)20-17(25)23-7-6-15-14(10-23)21-22-24(15)8-9-26-2/h3-5,11H,6-10H2,1-2H3,(H,20,25). The second kappa shape index (κ2) is 8.01. The molecule has 7 nitrogen and oxygen atoms in total. The molecule has 1 unspecified atom stereocenters. The number of aromatic nitrogens is 3. The molecule has 0 saturated carbocycles. The lowest BCUT2D eigenvalue weighted by atomic mass is 10.1. The Bertz CT molecular complexity index is 777. The van der Waals surface area contributed by atoms with E-state index in [1.807, 2.05) is 4.68 Å². The van der Waals surface area contributed by atoms with Gasteiger partial charge in [-0.05, 0) is 19.1 Å². The summed E-state index contributed by atoms with van der Waals surface area (Å²) < 4.78 is 20.9. The predicted molar refractivity (Wildman–Crippen MR) is 94.4 cm³/mol. The lowest BCUT2D eigenvalue weighted by Crippen LogP contribution is -2.44. The fraction of sp³-hybridized carbons (Fsp3) is 0.471. The molecule has 2 amide bonds. The molecular formula is C17H21ClFN5O2. The summed E-state index contributed by atoms with van der Waals surface area (Å²) in [5.41, 5.74) is 2.08. The second-order valence-electron chi connectivity index (χ2n) is 6.18. The maximum atomic E-state index is 14.0. The first-order valence-corrected chi connectivity index (χ1v) is 8.78. The Morgan fingerprint density at radius 3 is 3.04 bits per heavy atom. The number of halogens is 2. The lowest BCUT2D eigenvalue weighted by molar-refractivity contribution is 0.178. The van der Waals surface area contributed by atoms with E-state index in [9.17, 15) is 9.18 Å². The van der Waals surface area contributed by atoms with Crippen LogP contribution >= 0.6 is 11.6 Å². The average molecular weight is 382 g/mol. The van der Waals surface area contributed by atoms with Gasteiger partial charge in [0.2, 0.25) is 0 Å². The number of nitrogens with one attached hydrogen (secondary N) is 1. The van der Waals surface area contributed by atoms with Gasteiger partial charge in [0.25, 0.3) is 0 Å². The van der Waals surface area contributed by atoms with Crippen molar-refractivity contribution in [1.29, 1.82) is 0 Å². The summed E-state index contributed by atoms with van der Waals surface area (Å²) in [5.74, 6) is -0.438. The Morgan fingerprint density at radius 1 is 1.50 bits per heavy atom. The molecule has 2 aromatic rings. The van der Waals surface area contributed by atoms with Gasteiger partial charge in [0.15, 0.2) is 0 Å². The highest BCUT2D eigenvalue weighted by Crippen LogP contribution is 2.26. The zero-order chi connectivity index (χ0) is 18.7. The molecule has 140 valence electrons. The minimum absolute atomic E-state index is 0.283.